The predicted octanol–water partition coefficient (Wildman–Crippen LogP) is 1.97. The Bertz CT molecular complexity index is 470. The molecule has 1 atom stereocenters. The minimum absolute atomic E-state index is 0.0180. The average Bonchev–Trinajstić information content (AvgIpc) is 2.56. The van der Waals surface area contributed by atoms with Crippen LogP contribution in [-0.4, -0.2) is 66.3 Å². The van der Waals surface area contributed by atoms with Gasteiger partial charge < -0.3 is 24.6 Å². The molecule has 0 aromatic heterocycles. The van der Waals surface area contributed by atoms with Gasteiger partial charge >= 0.3 is 0 Å². The van der Waals surface area contributed by atoms with Gasteiger partial charge in [0.1, 0.15) is 6.54 Å². The number of hydrogen-bond acceptors (Lipinski definition) is 5. The van der Waals surface area contributed by atoms with E-state index >= 15 is 0 Å². The van der Waals surface area contributed by atoms with E-state index in [0.717, 1.165) is 32.1 Å². The maximum atomic E-state index is 12.3. The van der Waals surface area contributed by atoms with Gasteiger partial charge in [-0.15, -0.1) is 0 Å². The van der Waals surface area contributed by atoms with Gasteiger partial charge in [0.15, 0.2) is 11.4 Å². The van der Waals surface area contributed by atoms with E-state index in [1.54, 1.807) is 27.2 Å². The van der Waals surface area contributed by atoms with E-state index in [1.165, 1.54) is 44.6 Å². The van der Waals surface area contributed by atoms with Crippen LogP contribution >= 0.6 is 0 Å². The number of unbranched alkanes of at least 4 members (excludes halogenated alkanes) is 10. The van der Waals surface area contributed by atoms with E-state index in [0.29, 0.717) is 6.61 Å². The molecule has 0 amide bonds. The fourth-order valence-electron chi connectivity index (χ4n) is 3.38. The number of aliphatic hydroxyl groups excluding tert-OH is 1. The van der Waals surface area contributed by atoms with Crippen LogP contribution in [0.15, 0.2) is 12.2 Å². The van der Waals surface area contributed by atoms with E-state index < -0.39 is 23.8 Å². The summed E-state index contributed by atoms with van der Waals surface area (Å²) in [6.07, 6.45) is 14.6. The quantitative estimate of drug-likeness (QED) is 0.209. The molecule has 28 heavy (non-hydrogen) atoms. The number of hydrogen-bond donors (Lipinski definition) is 2. The Kier molecular flexibility index (Phi) is 14.1. The summed E-state index contributed by atoms with van der Waals surface area (Å²) in [5, 5.41) is 30.2. The number of carboxylic acid groups (broad SMARTS) is 1. The summed E-state index contributed by atoms with van der Waals surface area (Å²) in [4.78, 5) is 23.3. The highest BCUT2D eigenvalue weighted by Gasteiger charge is 2.39. The van der Waals surface area contributed by atoms with Crippen LogP contribution < -0.4 is 5.11 Å². The number of ketones is 1. The second kappa shape index (κ2) is 14.7. The topological polar surface area (TPSA) is 97.7 Å². The highest BCUT2D eigenvalue weighted by Crippen LogP contribution is 2.17. The minimum Gasteiger partial charge on any atom is -0.550 e. The molecule has 0 fully saturated rings. The van der Waals surface area contributed by atoms with E-state index in [4.69, 9.17) is 5.11 Å². The van der Waals surface area contributed by atoms with Gasteiger partial charge in [0.25, 0.3) is 0 Å². The van der Waals surface area contributed by atoms with Crippen LogP contribution in [0.2, 0.25) is 0 Å². The summed E-state index contributed by atoms with van der Waals surface area (Å²) >= 11 is 0. The standard InChI is InChI=1S/C22H41NO5/c1-23(2,3)19-22(28,18-21(26)27)20(25)16-14-12-10-8-6-4-5-7-9-11-13-15-17-24/h14,16,24,28H,4-13,15,17-19H2,1-3H3. The van der Waals surface area contributed by atoms with Gasteiger partial charge in [-0.05, 0) is 25.3 Å². The van der Waals surface area contributed by atoms with Crippen molar-refractivity contribution in [2.75, 3.05) is 34.3 Å². The Hall–Kier alpha value is -1.24. The van der Waals surface area contributed by atoms with Crippen molar-refractivity contribution in [2.24, 2.45) is 0 Å². The van der Waals surface area contributed by atoms with E-state index in [2.05, 4.69) is 0 Å². The first kappa shape index (κ1) is 26.8. The molecule has 0 aliphatic heterocycles. The van der Waals surface area contributed by atoms with Crippen LogP contribution in [0.5, 0.6) is 0 Å². The number of rotatable bonds is 18. The molecule has 0 aromatic carbocycles. The zero-order valence-corrected chi connectivity index (χ0v) is 18.1. The molecule has 0 saturated heterocycles. The lowest BCUT2D eigenvalue weighted by molar-refractivity contribution is -0.875. The van der Waals surface area contributed by atoms with Crippen LogP contribution in [0.3, 0.4) is 0 Å². The van der Waals surface area contributed by atoms with Crippen molar-refractivity contribution in [3.63, 3.8) is 0 Å². The summed E-state index contributed by atoms with van der Waals surface area (Å²) in [6, 6.07) is 0. The molecule has 0 aliphatic carbocycles. The molecule has 0 bridgehead atoms. The van der Waals surface area contributed by atoms with Gasteiger partial charge in [0.05, 0.1) is 21.1 Å². The molecule has 0 aromatic rings. The third-order valence-corrected chi connectivity index (χ3v) is 4.68. The van der Waals surface area contributed by atoms with Crippen LogP contribution in [0, 0.1) is 0 Å². The third-order valence-electron chi connectivity index (χ3n) is 4.68. The lowest BCUT2D eigenvalue weighted by Gasteiger charge is -2.34. The van der Waals surface area contributed by atoms with Crippen LogP contribution in [-0.2, 0) is 9.59 Å². The number of aliphatic hydroxyl groups is 2. The number of quaternary nitrogens is 1. The summed E-state index contributed by atoms with van der Waals surface area (Å²) < 4.78 is 0.283. The normalized spacial score (nSPS) is 14.3. The SMILES string of the molecule is C[N+](C)(C)CC(O)(CC(=O)[O-])C(=O)C=CCCCCCCCCCCCCO. The molecule has 0 heterocycles. The maximum Gasteiger partial charge on any atom is 0.193 e. The van der Waals surface area contributed by atoms with Crippen molar-refractivity contribution in [1.82, 2.24) is 0 Å². The zero-order valence-electron chi connectivity index (χ0n) is 18.1. The number of likely N-dealkylation sites (N-methyl/N-ethyl adjacent to an activating group) is 1. The number of carbonyl (C=O) groups excluding carboxylic acids is 2. The summed E-state index contributed by atoms with van der Waals surface area (Å²) in [5.41, 5.74) is -1.93. The first-order chi connectivity index (χ1) is 13.1. The minimum atomic E-state index is -1.93. The lowest BCUT2D eigenvalue weighted by atomic mass is 9.92. The molecular formula is C22H41NO5. The first-order valence-corrected chi connectivity index (χ1v) is 10.7. The average molecular weight is 400 g/mol. The second-order valence-electron chi connectivity index (χ2n) is 8.84. The van der Waals surface area contributed by atoms with Crippen molar-refractivity contribution in [2.45, 2.75) is 82.7 Å². The molecule has 0 radical (unpaired) electrons. The highest BCUT2D eigenvalue weighted by atomic mass is 16.4. The summed E-state index contributed by atoms with van der Waals surface area (Å²) in [7, 11) is 5.39. The first-order valence-electron chi connectivity index (χ1n) is 10.7. The molecule has 1 unspecified atom stereocenters. The Balaban J connectivity index is 4.00. The molecule has 0 spiro atoms. The second-order valence-corrected chi connectivity index (χ2v) is 8.84. The van der Waals surface area contributed by atoms with Crippen LogP contribution in [0.4, 0.5) is 0 Å². The predicted molar refractivity (Wildman–Crippen MR) is 109 cm³/mol. The van der Waals surface area contributed by atoms with Gasteiger partial charge in [-0.25, -0.2) is 0 Å². The van der Waals surface area contributed by atoms with Gasteiger partial charge in [0.2, 0.25) is 0 Å². The number of carbonyl (C=O) groups is 2. The summed E-state index contributed by atoms with van der Waals surface area (Å²) in [5.74, 6) is -1.99. The van der Waals surface area contributed by atoms with Crippen molar-refractivity contribution in [3.8, 4) is 0 Å². The summed E-state index contributed by atoms with van der Waals surface area (Å²) in [6.45, 7) is 0.316. The molecular weight excluding hydrogens is 358 g/mol. The lowest BCUT2D eigenvalue weighted by Crippen LogP contribution is -2.55. The monoisotopic (exact) mass is 399 g/mol. The number of allylic oxidation sites excluding steroid dienone is 1. The maximum absolute atomic E-state index is 12.3. The highest BCUT2D eigenvalue weighted by molar-refractivity contribution is 5.99. The molecule has 6 nitrogen and oxygen atoms in total. The number of nitrogens with zero attached hydrogens (tertiary/aromatic N) is 1. The van der Waals surface area contributed by atoms with Crippen molar-refractivity contribution in [1.29, 1.82) is 0 Å². The molecule has 0 rings (SSSR count). The fraction of sp³-hybridized carbons (Fsp3) is 0.818. The third kappa shape index (κ3) is 14.8. The van der Waals surface area contributed by atoms with Gasteiger partial charge in [0, 0.05) is 19.0 Å². The van der Waals surface area contributed by atoms with Crippen molar-refractivity contribution in [3.05, 3.63) is 12.2 Å². The van der Waals surface area contributed by atoms with E-state index in [1.807, 2.05) is 0 Å². The Morgan fingerprint density at radius 1 is 0.893 bits per heavy atom. The van der Waals surface area contributed by atoms with Crippen LogP contribution in [0.25, 0.3) is 0 Å². The number of carboxylic acids is 1. The van der Waals surface area contributed by atoms with Gasteiger partial charge in [-0.2, -0.15) is 0 Å². The van der Waals surface area contributed by atoms with Gasteiger partial charge in [-0.1, -0.05) is 57.4 Å². The van der Waals surface area contributed by atoms with E-state index in [9.17, 15) is 19.8 Å². The fourth-order valence-corrected chi connectivity index (χ4v) is 3.38. The van der Waals surface area contributed by atoms with Gasteiger partial charge in [-0.3, -0.25) is 4.79 Å². The Morgan fingerprint density at radius 2 is 1.36 bits per heavy atom. The van der Waals surface area contributed by atoms with Crippen LogP contribution in [0.1, 0.15) is 77.0 Å². The molecule has 0 saturated carbocycles. The molecule has 6 heteroatoms. The molecule has 164 valence electrons. The molecule has 2 N–H and O–H groups in total. The number of aliphatic carboxylic acids is 1. The smallest absolute Gasteiger partial charge is 0.193 e. The Labute approximate surface area is 170 Å². The largest absolute Gasteiger partial charge is 0.550 e. The molecule has 0 aliphatic rings. The zero-order chi connectivity index (χ0) is 21.5. The Morgan fingerprint density at radius 3 is 1.79 bits per heavy atom. The van der Waals surface area contributed by atoms with E-state index in [-0.39, 0.29) is 11.0 Å². The van der Waals surface area contributed by atoms with Crippen molar-refractivity contribution >= 4 is 11.8 Å². The van der Waals surface area contributed by atoms with Crippen molar-refractivity contribution < 1.29 is 29.4 Å².